The van der Waals surface area contributed by atoms with Gasteiger partial charge in [0.2, 0.25) is 0 Å². The summed E-state index contributed by atoms with van der Waals surface area (Å²) in [6.45, 7) is 4.21. The zero-order valence-corrected chi connectivity index (χ0v) is 16.5. The standard InChI is InChI=1S/C16H18O4.2C2H4O2/c1-10(11-4-6-13(17)15(8-11)19-2)12-5-7-14(18)16(9-12)20-3;2*1-2(3)4/h4-10,17-18H,1-3H3;2*1H3,(H,3,4). The normalized spacial score (nSPS) is 9.36. The van der Waals surface area contributed by atoms with Crippen LogP contribution in [0.5, 0.6) is 23.0 Å². The molecule has 154 valence electrons. The summed E-state index contributed by atoms with van der Waals surface area (Å²) in [6, 6.07) is 10.5. The Morgan fingerprint density at radius 3 is 1.32 bits per heavy atom. The van der Waals surface area contributed by atoms with Crippen molar-refractivity contribution in [1.29, 1.82) is 0 Å². The number of methoxy groups -OCH3 is 2. The van der Waals surface area contributed by atoms with E-state index in [0.29, 0.717) is 11.5 Å². The van der Waals surface area contributed by atoms with Crippen LogP contribution in [0.2, 0.25) is 0 Å². The highest BCUT2D eigenvalue weighted by atomic mass is 16.5. The monoisotopic (exact) mass is 394 g/mol. The Morgan fingerprint density at radius 1 is 0.786 bits per heavy atom. The number of carboxylic acid groups (broad SMARTS) is 2. The van der Waals surface area contributed by atoms with Gasteiger partial charge in [-0.25, -0.2) is 0 Å². The van der Waals surface area contributed by atoms with Crippen molar-refractivity contribution in [3.8, 4) is 23.0 Å². The summed E-state index contributed by atoms with van der Waals surface area (Å²) in [7, 11) is 3.04. The largest absolute Gasteiger partial charge is 0.504 e. The molecule has 2 aromatic rings. The number of carbonyl (C=O) groups is 2. The van der Waals surface area contributed by atoms with Crippen LogP contribution in [-0.2, 0) is 9.59 Å². The first-order valence-electron chi connectivity index (χ1n) is 8.16. The molecule has 0 aliphatic rings. The minimum atomic E-state index is -0.833. The number of phenols is 2. The summed E-state index contributed by atoms with van der Waals surface area (Å²) in [4.78, 5) is 18.0. The van der Waals surface area contributed by atoms with E-state index in [1.165, 1.54) is 14.2 Å². The van der Waals surface area contributed by atoms with E-state index in [1.807, 2.05) is 19.1 Å². The van der Waals surface area contributed by atoms with Crippen molar-refractivity contribution in [3.63, 3.8) is 0 Å². The van der Waals surface area contributed by atoms with Crippen LogP contribution in [0, 0.1) is 0 Å². The number of aromatic hydroxyl groups is 2. The van der Waals surface area contributed by atoms with E-state index < -0.39 is 11.9 Å². The van der Waals surface area contributed by atoms with Crippen molar-refractivity contribution in [2.24, 2.45) is 0 Å². The van der Waals surface area contributed by atoms with Crippen molar-refractivity contribution >= 4 is 11.9 Å². The molecule has 0 bridgehead atoms. The maximum absolute atomic E-state index is 9.63. The molecule has 0 radical (unpaired) electrons. The van der Waals surface area contributed by atoms with E-state index in [4.69, 9.17) is 29.3 Å². The Balaban J connectivity index is 0.000000776. The van der Waals surface area contributed by atoms with Gasteiger partial charge in [-0.3, -0.25) is 9.59 Å². The third kappa shape index (κ3) is 8.79. The molecule has 0 aliphatic carbocycles. The molecule has 0 aliphatic heterocycles. The smallest absolute Gasteiger partial charge is 0.300 e. The molecule has 0 saturated carbocycles. The maximum Gasteiger partial charge on any atom is 0.300 e. The molecule has 4 N–H and O–H groups in total. The third-order valence-corrected chi connectivity index (χ3v) is 3.41. The van der Waals surface area contributed by atoms with Crippen molar-refractivity contribution in [2.75, 3.05) is 14.2 Å². The number of hydrogen-bond donors (Lipinski definition) is 4. The second-order valence-corrected chi connectivity index (χ2v) is 5.62. The van der Waals surface area contributed by atoms with Crippen molar-refractivity contribution < 1.29 is 39.5 Å². The lowest BCUT2D eigenvalue weighted by Crippen LogP contribution is -1.98. The highest BCUT2D eigenvalue weighted by molar-refractivity contribution is 5.63. The average molecular weight is 394 g/mol. The first-order chi connectivity index (χ1) is 13.0. The molecule has 0 fully saturated rings. The lowest BCUT2D eigenvalue weighted by Gasteiger charge is -2.15. The van der Waals surface area contributed by atoms with Crippen molar-refractivity contribution in [1.82, 2.24) is 0 Å². The lowest BCUT2D eigenvalue weighted by molar-refractivity contribution is -0.135. The Bertz CT molecular complexity index is 712. The number of carboxylic acids is 2. The van der Waals surface area contributed by atoms with Crippen LogP contribution in [0.1, 0.15) is 37.8 Å². The van der Waals surface area contributed by atoms with Crippen molar-refractivity contribution in [2.45, 2.75) is 26.7 Å². The van der Waals surface area contributed by atoms with Crippen LogP contribution in [0.15, 0.2) is 36.4 Å². The highest BCUT2D eigenvalue weighted by Gasteiger charge is 2.13. The molecule has 0 spiro atoms. The lowest BCUT2D eigenvalue weighted by atomic mass is 9.92. The fourth-order valence-electron chi connectivity index (χ4n) is 2.12. The highest BCUT2D eigenvalue weighted by Crippen LogP contribution is 2.35. The summed E-state index contributed by atoms with van der Waals surface area (Å²) < 4.78 is 10.2. The summed E-state index contributed by atoms with van der Waals surface area (Å²) in [5.41, 5.74) is 2.01. The van der Waals surface area contributed by atoms with E-state index in [9.17, 15) is 10.2 Å². The number of rotatable bonds is 4. The molecule has 0 saturated heterocycles. The molecule has 0 amide bonds. The minimum Gasteiger partial charge on any atom is -0.504 e. The molecule has 2 aromatic carbocycles. The van der Waals surface area contributed by atoms with E-state index in [2.05, 4.69) is 0 Å². The Morgan fingerprint density at radius 2 is 1.07 bits per heavy atom. The van der Waals surface area contributed by atoms with E-state index >= 15 is 0 Å². The summed E-state index contributed by atoms with van der Waals surface area (Å²) in [6.07, 6.45) is 0. The zero-order chi connectivity index (χ0) is 21.9. The van der Waals surface area contributed by atoms with E-state index in [1.54, 1.807) is 24.3 Å². The van der Waals surface area contributed by atoms with E-state index in [0.717, 1.165) is 25.0 Å². The molecule has 8 nitrogen and oxygen atoms in total. The topological polar surface area (TPSA) is 134 Å². The maximum atomic E-state index is 9.63. The number of ether oxygens (including phenoxy) is 2. The summed E-state index contributed by atoms with van der Waals surface area (Å²) in [5, 5.41) is 34.1. The number of hydrogen-bond acceptors (Lipinski definition) is 6. The molecule has 0 atom stereocenters. The first kappa shape index (κ1) is 24.6. The van der Waals surface area contributed by atoms with Crippen LogP contribution in [-0.4, -0.2) is 46.6 Å². The van der Waals surface area contributed by atoms with Crippen LogP contribution >= 0.6 is 0 Å². The Labute approximate surface area is 163 Å². The number of benzene rings is 2. The van der Waals surface area contributed by atoms with Gasteiger partial charge in [-0.2, -0.15) is 0 Å². The van der Waals surface area contributed by atoms with E-state index in [-0.39, 0.29) is 17.4 Å². The SMILES string of the molecule is CC(=O)O.CC(=O)O.COc1cc(C(C)c2ccc(O)c(OC)c2)ccc1O. The summed E-state index contributed by atoms with van der Waals surface area (Å²) in [5.74, 6) is -0.460. The van der Waals surface area contributed by atoms with Crippen LogP contribution in [0.3, 0.4) is 0 Å². The quantitative estimate of drug-likeness (QED) is 0.620. The second-order valence-electron chi connectivity index (χ2n) is 5.62. The van der Waals surface area contributed by atoms with Crippen molar-refractivity contribution in [3.05, 3.63) is 47.5 Å². The minimum absolute atomic E-state index is 0.0824. The van der Waals surface area contributed by atoms with Crippen LogP contribution in [0.25, 0.3) is 0 Å². The number of phenolic OH excluding ortho intramolecular Hbond substituents is 2. The Kier molecular flexibility index (Phi) is 10.6. The van der Waals surface area contributed by atoms with Gasteiger partial charge in [0.1, 0.15) is 0 Å². The second kappa shape index (κ2) is 12.1. The molecular formula is C20H26O8. The molecule has 2 rings (SSSR count). The van der Waals surface area contributed by atoms with Gasteiger partial charge >= 0.3 is 0 Å². The average Bonchev–Trinajstić information content (AvgIpc) is 2.61. The predicted octanol–water partition coefficient (Wildman–Crippen LogP) is 3.45. The molecule has 28 heavy (non-hydrogen) atoms. The first-order valence-corrected chi connectivity index (χ1v) is 8.16. The van der Waals surface area contributed by atoms with Gasteiger partial charge in [-0.1, -0.05) is 19.1 Å². The number of aliphatic carboxylic acids is 2. The van der Waals surface area contributed by atoms with Gasteiger partial charge in [-0.15, -0.1) is 0 Å². The predicted molar refractivity (Wildman–Crippen MR) is 103 cm³/mol. The molecule has 0 aromatic heterocycles. The molecular weight excluding hydrogens is 368 g/mol. The van der Waals surface area contributed by atoms with Gasteiger partial charge in [-0.05, 0) is 35.4 Å². The fraction of sp³-hybridized carbons (Fsp3) is 0.300. The van der Waals surface area contributed by atoms with Crippen LogP contribution in [0.4, 0.5) is 0 Å². The van der Waals surface area contributed by atoms with Crippen LogP contribution < -0.4 is 9.47 Å². The van der Waals surface area contributed by atoms with Gasteiger partial charge in [0, 0.05) is 19.8 Å². The van der Waals surface area contributed by atoms with Gasteiger partial charge in [0.15, 0.2) is 23.0 Å². The zero-order valence-electron chi connectivity index (χ0n) is 16.5. The van der Waals surface area contributed by atoms with Gasteiger partial charge < -0.3 is 29.9 Å². The van der Waals surface area contributed by atoms with Gasteiger partial charge in [0.05, 0.1) is 14.2 Å². The Hall–Kier alpha value is -3.42. The summed E-state index contributed by atoms with van der Waals surface area (Å²) >= 11 is 0. The molecule has 8 heteroatoms. The molecule has 0 unspecified atom stereocenters. The third-order valence-electron chi connectivity index (χ3n) is 3.41. The fourth-order valence-corrected chi connectivity index (χ4v) is 2.12. The van der Waals surface area contributed by atoms with Gasteiger partial charge in [0.25, 0.3) is 11.9 Å². The molecule has 0 heterocycles.